The van der Waals surface area contributed by atoms with E-state index in [0.717, 1.165) is 60.7 Å². The molecule has 0 unspecified atom stereocenters. The van der Waals surface area contributed by atoms with Crippen LogP contribution in [0.2, 0.25) is 0 Å². The summed E-state index contributed by atoms with van der Waals surface area (Å²) in [7, 11) is 0. The molecule has 210 valence electrons. The third kappa shape index (κ3) is 5.21. The monoisotopic (exact) mass is 552 g/mol. The maximum absolute atomic E-state index is 14.2. The molecule has 1 aliphatic rings. The van der Waals surface area contributed by atoms with E-state index >= 15 is 0 Å². The van der Waals surface area contributed by atoms with Crippen LogP contribution in [0.3, 0.4) is 0 Å². The average molecular weight is 553 g/mol. The number of ketones is 2. The molecule has 1 aliphatic carbocycles. The van der Waals surface area contributed by atoms with Gasteiger partial charge in [-0.05, 0) is 61.1 Å². The van der Waals surface area contributed by atoms with Crippen LogP contribution < -0.4 is 10.6 Å². The lowest BCUT2D eigenvalue weighted by molar-refractivity contribution is 0.0980. The van der Waals surface area contributed by atoms with Gasteiger partial charge in [0.05, 0.1) is 22.5 Å². The number of nitrogens with one attached hydrogen (secondary N) is 2. The van der Waals surface area contributed by atoms with Crippen molar-refractivity contribution < 1.29 is 9.59 Å². The fraction of sp³-hybridized carbons (Fsp3) is 0.211. The molecule has 0 saturated heterocycles. The second-order valence-electron chi connectivity index (χ2n) is 11.1. The van der Waals surface area contributed by atoms with Gasteiger partial charge < -0.3 is 10.6 Å². The lowest BCUT2D eigenvalue weighted by Gasteiger charge is -2.26. The predicted octanol–water partition coefficient (Wildman–Crippen LogP) is 9.79. The molecular weight excluding hydrogens is 516 g/mol. The number of unbranched alkanes of at least 4 members (excludes halogenated alkanes) is 2. The van der Waals surface area contributed by atoms with E-state index in [-0.39, 0.29) is 11.6 Å². The van der Waals surface area contributed by atoms with Crippen molar-refractivity contribution in [1.29, 1.82) is 0 Å². The third-order valence-electron chi connectivity index (χ3n) is 8.17. The first-order valence-corrected chi connectivity index (χ1v) is 15.1. The minimum atomic E-state index is -0.147. The zero-order chi connectivity index (χ0) is 29.1. The smallest absolute Gasteiger partial charge is 0.196 e. The van der Waals surface area contributed by atoms with E-state index in [0.29, 0.717) is 33.6 Å². The van der Waals surface area contributed by atoms with Crippen LogP contribution in [0.1, 0.15) is 82.5 Å². The fourth-order valence-electron chi connectivity index (χ4n) is 5.86. The van der Waals surface area contributed by atoms with Crippen LogP contribution in [-0.4, -0.2) is 11.6 Å². The highest BCUT2D eigenvalue weighted by atomic mass is 16.1. The molecule has 0 saturated carbocycles. The van der Waals surface area contributed by atoms with E-state index < -0.39 is 0 Å². The topological polar surface area (TPSA) is 58.2 Å². The molecule has 0 radical (unpaired) electrons. The highest BCUT2D eigenvalue weighted by Gasteiger charge is 2.36. The number of anilines is 4. The molecule has 0 aliphatic heterocycles. The number of hydrogen-bond donors (Lipinski definition) is 2. The van der Waals surface area contributed by atoms with Crippen molar-refractivity contribution in [1.82, 2.24) is 0 Å². The minimum absolute atomic E-state index is 0.147. The molecule has 0 aromatic heterocycles. The molecule has 4 nitrogen and oxygen atoms in total. The van der Waals surface area contributed by atoms with E-state index in [4.69, 9.17) is 0 Å². The van der Waals surface area contributed by atoms with E-state index in [1.54, 1.807) is 12.1 Å². The Bertz CT molecular complexity index is 1640. The standard InChI is InChI=1S/C38H36N2O2/c1-3-5-11-25-17-21-27(22-18-25)39-35-29-13-7-8-14-30(29)36(40-28-23-19-26(20-24-28)12-6-4-2)34-33(35)37(41)31-15-9-10-16-32(31)38(34)42/h7-10,13-24,39-40H,3-6,11-12H2,1-2H3. The van der Waals surface area contributed by atoms with Gasteiger partial charge in [-0.1, -0.05) is 99.5 Å². The fourth-order valence-corrected chi connectivity index (χ4v) is 5.86. The molecule has 42 heavy (non-hydrogen) atoms. The summed E-state index contributed by atoms with van der Waals surface area (Å²) in [6.07, 6.45) is 6.68. The van der Waals surface area contributed by atoms with E-state index in [1.807, 2.05) is 36.4 Å². The molecule has 4 heteroatoms. The lowest BCUT2D eigenvalue weighted by atomic mass is 9.80. The number of carbonyl (C=O) groups excluding carboxylic acids is 2. The summed E-state index contributed by atoms with van der Waals surface area (Å²) < 4.78 is 0. The van der Waals surface area contributed by atoms with Crippen LogP contribution in [0.25, 0.3) is 10.8 Å². The summed E-state index contributed by atoms with van der Waals surface area (Å²) in [5.74, 6) is -0.294. The summed E-state index contributed by atoms with van der Waals surface area (Å²) in [5, 5.41) is 8.88. The van der Waals surface area contributed by atoms with Crippen molar-refractivity contribution in [2.45, 2.75) is 52.4 Å². The molecule has 6 rings (SSSR count). The maximum atomic E-state index is 14.2. The van der Waals surface area contributed by atoms with Gasteiger partial charge in [-0.25, -0.2) is 0 Å². The van der Waals surface area contributed by atoms with Crippen molar-refractivity contribution in [3.63, 3.8) is 0 Å². The molecule has 5 aromatic carbocycles. The van der Waals surface area contributed by atoms with Gasteiger partial charge in [-0.3, -0.25) is 9.59 Å². The van der Waals surface area contributed by atoms with Crippen molar-refractivity contribution in [3.8, 4) is 0 Å². The summed E-state index contributed by atoms with van der Waals surface area (Å²) in [6, 6.07) is 31.9. The summed E-state index contributed by atoms with van der Waals surface area (Å²) in [4.78, 5) is 28.4. The highest BCUT2D eigenvalue weighted by molar-refractivity contribution is 6.35. The van der Waals surface area contributed by atoms with Crippen LogP contribution in [0, 0.1) is 0 Å². The first-order valence-electron chi connectivity index (χ1n) is 15.1. The zero-order valence-corrected chi connectivity index (χ0v) is 24.3. The van der Waals surface area contributed by atoms with E-state index in [9.17, 15) is 9.59 Å². The van der Waals surface area contributed by atoms with Crippen LogP contribution in [0.15, 0.2) is 97.1 Å². The lowest BCUT2D eigenvalue weighted by Crippen LogP contribution is -2.24. The summed E-state index contributed by atoms with van der Waals surface area (Å²) in [5.41, 5.74) is 7.36. The number of benzene rings is 5. The molecule has 0 bridgehead atoms. The zero-order valence-electron chi connectivity index (χ0n) is 24.3. The van der Waals surface area contributed by atoms with Crippen molar-refractivity contribution in [3.05, 3.63) is 130 Å². The van der Waals surface area contributed by atoms with Crippen LogP contribution in [0.4, 0.5) is 22.7 Å². The Balaban J connectivity index is 1.51. The Morgan fingerprint density at radius 2 is 0.881 bits per heavy atom. The van der Waals surface area contributed by atoms with Crippen LogP contribution >= 0.6 is 0 Å². The van der Waals surface area contributed by atoms with Crippen LogP contribution in [-0.2, 0) is 12.8 Å². The van der Waals surface area contributed by atoms with Gasteiger partial charge in [0.25, 0.3) is 0 Å². The number of rotatable bonds is 10. The maximum Gasteiger partial charge on any atom is 0.196 e. The highest BCUT2D eigenvalue weighted by Crippen LogP contribution is 2.45. The Morgan fingerprint density at radius 3 is 1.26 bits per heavy atom. The van der Waals surface area contributed by atoms with Gasteiger partial charge in [0.15, 0.2) is 11.6 Å². The Hall–Kier alpha value is -4.70. The summed E-state index contributed by atoms with van der Waals surface area (Å²) >= 11 is 0. The van der Waals surface area contributed by atoms with Crippen molar-refractivity contribution >= 4 is 45.1 Å². The average Bonchev–Trinajstić information content (AvgIpc) is 3.03. The molecule has 0 heterocycles. The number of carbonyl (C=O) groups is 2. The second kappa shape index (κ2) is 12.0. The normalized spacial score (nSPS) is 12.2. The minimum Gasteiger partial charge on any atom is -0.354 e. The van der Waals surface area contributed by atoms with Crippen molar-refractivity contribution in [2.75, 3.05) is 10.6 Å². The van der Waals surface area contributed by atoms with E-state index in [2.05, 4.69) is 73.0 Å². The van der Waals surface area contributed by atoms with Gasteiger partial charge in [-0.15, -0.1) is 0 Å². The van der Waals surface area contributed by atoms with Crippen molar-refractivity contribution in [2.24, 2.45) is 0 Å². The second-order valence-corrected chi connectivity index (χ2v) is 11.1. The SMILES string of the molecule is CCCCc1ccc(Nc2c3c(c(Nc4ccc(CCCC)cc4)c4ccccc24)C(=O)c2ccccc2C3=O)cc1. The third-order valence-corrected chi connectivity index (χ3v) is 8.17. The Morgan fingerprint density at radius 1 is 0.500 bits per heavy atom. The molecule has 0 fully saturated rings. The number of fused-ring (bicyclic) bond motifs is 3. The Labute approximate surface area is 247 Å². The van der Waals surface area contributed by atoms with Crippen LogP contribution in [0.5, 0.6) is 0 Å². The predicted molar refractivity (Wildman–Crippen MR) is 174 cm³/mol. The first-order chi connectivity index (χ1) is 20.6. The quantitative estimate of drug-likeness (QED) is 0.166. The van der Waals surface area contributed by atoms with Gasteiger partial charge in [0.1, 0.15) is 0 Å². The molecular formula is C38H36N2O2. The van der Waals surface area contributed by atoms with Gasteiger partial charge in [-0.2, -0.15) is 0 Å². The van der Waals surface area contributed by atoms with Gasteiger partial charge >= 0.3 is 0 Å². The molecule has 0 atom stereocenters. The summed E-state index contributed by atoms with van der Waals surface area (Å²) in [6.45, 7) is 4.39. The van der Waals surface area contributed by atoms with E-state index in [1.165, 1.54) is 11.1 Å². The first kappa shape index (κ1) is 27.5. The molecule has 5 aromatic rings. The molecule has 0 amide bonds. The van der Waals surface area contributed by atoms with Gasteiger partial charge in [0, 0.05) is 33.3 Å². The number of aryl methyl sites for hydroxylation is 2. The number of hydrogen-bond acceptors (Lipinski definition) is 4. The largest absolute Gasteiger partial charge is 0.354 e. The molecule has 2 N–H and O–H groups in total. The van der Waals surface area contributed by atoms with Gasteiger partial charge in [0.2, 0.25) is 0 Å². The molecule has 0 spiro atoms. The Kier molecular flexibility index (Phi) is 7.87.